The largest absolute Gasteiger partial charge is 0.490 e. The van der Waals surface area contributed by atoms with Crippen molar-refractivity contribution in [3.8, 4) is 11.5 Å². The van der Waals surface area contributed by atoms with Crippen LogP contribution in [0.1, 0.15) is 41.5 Å². The molecule has 3 aliphatic rings. The first-order valence-electron chi connectivity index (χ1n) is 14.6. The number of nitrogens with zero attached hydrogens (tertiary/aromatic N) is 1. The third kappa shape index (κ3) is 5.64. The van der Waals surface area contributed by atoms with E-state index in [-0.39, 0.29) is 31.1 Å². The lowest BCUT2D eigenvalue weighted by atomic mass is 9.93. The molecule has 3 aromatic rings. The summed E-state index contributed by atoms with van der Waals surface area (Å²) in [5, 5.41) is 3.49. The lowest BCUT2D eigenvalue weighted by Crippen LogP contribution is -2.36. The molecule has 1 saturated heterocycles. The molecule has 2 atom stereocenters. The van der Waals surface area contributed by atoms with Gasteiger partial charge in [0.2, 0.25) is 5.82 Å². The van der Waals surface area contributed by atoms with Crippen LogP contribution in [0.5, 0.6) is 11.5 Å². The fourth-order valence-electron chi connectivity index (χ4n) is 6.21. The summed E-state index contributed by atoms with van der Waals surface area (Å²) in [6, 6.07) is 15.7. The van der Waals surface area contributed by atoms with Gasteiger partial charge in [0.1, 0.15) is 19.0 Å². The quantitative estimate of drug-likeness (QED) is 0.225. The molecule has 2 aliphatic carbocycles. The average Bonchev–Trinajstić information content (AvgIpc) is 3.61. The predicted molar refractivity (Wildman–Crippen MR) is 155 cm³/mol. The van der Waals surface area contributed by atoms with Gasteiger partial charge in [-0.2, -0.15) is 4.39 Å². The van der Waals surface area contributed by atoms with E-state index < -0.39 is 23.2 Å². The molecule has 220 valence electrons. The third-order valence-corrected chi connectivity index (χ3v) is 8.84. The standard InChI is InChI=1S/C34H35F3N2O3/c1-20-4-3-5-23(21(20)2)19-39(25-8-9-25)34(40)31-27(16-24-17-38-18-28(24)31)22-6-10-26(11-7-22)41-14-15-42-33-30(36)13-12-29(35)32(33)37/h3-7,10-13,24-25,28,38H,8-9,14-19H2,1-2H3/t24-,28+/m0/s1. The molecule has 3 aromatic carbocycles. The predicted octanol–water partition coefficient (Wildman–Crippen LogP) is 6.36. The van der Waals surface area contributed by atoms with E-state index in [9.17, 15) is 18.0 Å². The normalized spacial score (nSPS) is 19.6. The summed E-state index contributed by atoms with van der Waals surface area (Å²) < 4.78 is 51.8. The van der Waals surface area contributed by atoms with Gasteiger partial charge in [0, 0.05) is 30.6 Å². The number of hydrogen-bond donors (Lipinski definition) is 1. The zero-order valence-corrected chi connectivity index (χ0v) is 23.9. The van der Waals surface area contributed by atoms with Crippen molar-refractivity contribution >= 4 is 11.5 Å². The second kappa shape index (κ2) is 11.8. The number of amides is 1. The number of nitrogens with one attached hydrogen (secondary N) is 1. The molecule has 8 heteroatoms. The molecular formula is C34H35F3N2O3. The van der Waals surface area contributed by atoms with Crippen LogP contribution in [0.4, 0.5) is 13.2 Å². The molecule has 0 unspecified atom stereocenters. The fraction of sp³-hybridized carbons (Fsp3) is 0.382. The number of carbonyl (C=O) groups is 1. The molecule has 1 aliphatic heterocycles. The number of fused-ring (bicyclic) bond motifs is 1. The van der Waals surface area contributed by atoms with Crippen LogP contribution in [0.3, 0.4) is 0 Å². The third-order valence-electron chi connectivity index (χ3n) is 8.84. The highest BCUT2D eigenvalue weighted by atomic mass is 19.2. The molecule has 0 spiro atoms. The maximum absolute atomic E-state index is 14.3. The lowest BCUT2D eigenvalue weighted by molar-refractivity contribution is -0.128. The molecule has 1 amide bonds. The SMILES string of the molecule is Cc1cccc(CN(C(=O)C2=C(c3ccc(OCCOc4c(F)ccc(F)c4F)cc3)C[C@H]3CNC[C@@H]23)C2CC2)c1C. The van der Waals surface area contributed by atoms with Crippen molar-refractivity contribution in [1.29, 1.82) is 0 Å². The minimum atomic E-state index is -1.36. The monoisotopic (exact) mass is 576 g/mol. The number of benzene rings is 3. The van der Waals surface area contributed by atoms with E-state index in [1.807, 2.05) is 24.3 Å². The maximum Gasteiger partial charge on any atom is 0.250 e. The number of halogens is 3. The van der Waals surface area contributed by atoms with Gasteiger partial charge in [-0.25, -0.2) is 8.78 Å². The number of aryl methyl sites for hydroxylation is 1. The van der Waals surface area contributed by atoms with Gasteiger partial charge < -0.3 is 19.7 Å². The van der Waals surface area contributed by atoms with Gasteiger partial charge >= 0.3 is 0 Å². The van der Waals surface area contributed by atoms with Gasteiger partial charge in [0.25, 0.3) is 5.91 Å². The summed E-state index contributed by atoms with van der Waals surface area (Å²) in [5.41, 5.74) is 6.72. The molecule has 6 rings (SSSR count). The Balaban J connectivity index is 1.18. The Hall–Kier alpha value is -3.78. The van der Waals surface area contributed by atoms with Gasteiger partial charge in [-0.05, 0) is 97.7 Å². The zero-order chi connectivity index (χ0) is 29.4. The maximum atomic E-state index is 14.3. The summed E-state index contributed by atoms with van der Waals surface area (Å²) in [6.07, 6.45) is 2.93. The second-order valence-corrected chi connectivity index (χ2v) is 11.5. The Kier molecular flexibility index (Phi) is 7.99. The van der Waals surface area contributed by atoms with Crippen LogP contribution in [0, 0.1) is 43.1 Å². The minimum Gasteiger partial charge on any atom is -0.490 e. The molecule has 2 fully saturated rings. The van der Waals surface area contributed by atoms with Crippen LogP contribution < -0.4 is 14.8 Å². The van der Waals surface area contributed by atoms with E-state index in [1.54, 1.807) is 0 Å². The highest BCUT2D eigenvalue weighted by Gasteiger charge is 2.44. The highest BCUT2D eigenvalue weighted by molar-refractivity contribution is 6.03. The molecular weight excluding hydrogens is 541 g/mol. The Morgan fingerprint density at radius 2 is 1.67 bits per heavy atom. The van der Waals surface area contributed by atoms with E-state index >= 15 is 0 Å². The molecule has 0 aromatic heterocycles. The Bertz CT molecular complexity index is 1520. The van der Waals surface area contributed by atoms with Crippen molar-refractivity contribution < 1.29 is 27.4 Å². The number of carbonyl (C=O) groups excluding carboxylic acids is 1. The van der Waals surface area contributed by atoms with Crippen LogP contribution in [0.2, 0.25) is 0 Å². The summed E-state index contributed by atoms with van der Waals surface area (Å²) in [7, 11) is 0. The Morgan fingerprint density at radius 3 is 2.43 bits per heavy atom. The van der Waals surface area contributed by atoms with Gasteiger partial charge in [-0.1, -0.05) is 30.3 Å². The van der Waals surface area contributed by atoms with Gasteiger partial charge in [-0.15, -0.1) is 0 Å². The Morgan fingerprint density at radius 1 is 0.929 bits per heavy atom. The highest BCUT2D eigenvalue weighted by Crippen LogP contribution is 2.46. The number of rotatable bonds is 10. The van der Waals surface area contributed by atoms with Crippen LogP contribution >= 0.6 is 0 Å². The molecule has 5 nitrogen and oxygen atoms in total. The second-order valence-electron chi connectivity index (χ2n) is 11.5. The number of hydrogen-bond acceptors (Lipinski definition) is 4. The number of allylic oxidation sites excluding steroid dienone is 1. The topological polar surface area (TPSA) is 50.8 Å². The smallest absolute Gasteiger partial charge is 0.250 e. The minimum absolute atomic E-state index is 0.0196. The average molecular weight is 577 g/mol. The van der Waals surface area contributed by atoms with Gasteiger partial charge in [0.05, 0.1) is 0 Å². The van der Waals surface area contributed by atoms with Crippen LogP contribution in [0.15, 0.2) is 60.2 Å². The molecule has 42 heavy (non-hydrogen) atoms. The number of ether oxygens (including phenoxy) is 2. The van der Waals surface area contributed by atoms with E-state index in [4.69, 9.17) is 9.47 Å². The fourth-order valence-corrected chi connectivity index (χ4v) is 6.21. The van der Waals surface area contributed by atoms with E-state index in [2.05, 4.69) is 42.3 Å². The zero-order valence-electron chi connectivity index (χ0n) is 23.9. The molecule has 0 bridgehead atoms. The van der Waals surface area contributed by atoms with Crippen molar-refractivity contribution in [1.82, 2.24) is 10.2 Å². The first-order valence-corrected chi connectivity index (χ1v) is 14.6. The van der Waals surface area contributed by atoms with Gasteiger partial charge in [-0.3, -0.25) is 4.79 Å². The Labute approximate surface area is 244 Å². The van der Waals surface area contributed by atoms with Crippen molar-refractivity contribution in [2.45, 2.75) is 45.7 Å². The van der Waals surface area contributed by atoms with Crippen LogP contribution in [0.25, 0.3) is 5.57 Å². The first kappa shape index (κ1) is 28.3. The summed E-state index contributed by atoms with van der Waals surface area (Å²) >= 11 is 0. The van der Waals surface area contributed by atoms with E-state index in [1.165, 1.54) is 16.7 Å². The first-order chi connectivity index (χ1) is 20.3. The molecule has 1 heterocycles. The molecule has 1 N–H and O–H groups in total. The van der Waals surface area contributed by atoms with Crippen molar-refractivity contribution in [3.05, 3.63) is 99.9 Å². The summed E-state index contributed by atoms with van der Waals surface area (Å²) in [5.74, 6) is -2.94. The van der Waals surface area contributed by atoms with Crippen LogP contribution in [-0.2, 0) is 11.3 Å². The summed E-state index contributed by atoms with van der Waals surface area (Å²) in [6.45, 7) is 6.44. The van der Waals surface area contributed by atoms with Crippen LogP contribution in [-0.4, -0.2) is 43.2 Å². The summed E-state index contributed by atoms with van der Waals surface area (Å²) in [4.78, 5) is 16.4. The van der Waals surface area contributed by atoms with Crippen molar-refractivity contribution in [3.63, 3.8) is 0 Å². The molecule has 0 radical (unpaired) electrons. The van der Waals surface area contributed by atoms with Gasteiger partial charge in [0.15, 0.2) is 17.4 Å². The lowest BCUT2D eigenvalue weighted by Gasteiger charge is -2.27. The van der Waals surface area contributed by atoms with E-state index in [0.717, 1.165) is 55.1 Å². The van der Waals surface area contributed by atoms with E-state index in [0.29, 0.717) is 24.3 Å². The molecule has 1 saturated carbocycles. The van der Waals surface area contributed by atoms with Crippen molar-refractivity contribution in [2.75, 3.05) is 26.3 Å². The van der Waals surface area contributed by atoms with Crippen molar-refractivity contribution in [2.24, 2.45) is 11.8 Å².